The van der Waals surface area contributed by atoms with Gasteiger partial charge in [-0.05, 0) is 43.5 Å². The quantitative estimate of drug-likeness (QED) is 0.743. The number of urea groups is 1. The topological polar surface area (TPSA) is 87.5 Å². The zero-order valence-corrected chi connectivity index (χ0v) is 14.9. The number of carbonyl (C=O) groups is 1. The molecule has 1 aliphatic heterocycles. The molecule has 8 nitrogen and oxygen atoms in total. The van der Waals surface area contributed by atoms with Crippen molar-refractivity contribution in [3.8, 4) is 0 Å². The van der Waals surface area contributed by atoms with E-state index in [1.807, 2.05) is 47.0 Å². The van der Waals surface area contributed by atoms with Crippen LogP contribution in [0.25, 0.3) is 5.65 Å². The molecule has 2 aliphatic rings. The highest BCUT2D eigenvalue weighted by molar-refractivity contribution is 5.89. The largest absolute Gasteiger partial charge is 0.353 e. The van der Waals surface area contributed by atoms with Crippen molar-refractivity contribution in [3.05, 3.63) is 48.3 Å². The number of fused-ring (bicyclic) bond motifs is 1. The Morgan fingerprint density at radius 2 is 1.89 bits per heavy atom. The summed E-state index contributed by atoms with van der Waals surface area (Å²) in [6.45, 7) is 1.59. The highest BCUT2D eigenvalue weighted by Crippen LogP contribution is 2.38. The van der Waals surface area contributed by atoms with Crippen molar-refractivity contribution in [2.24, 2.45) is 0 Å². The molecule has 3 aromatic rings. The number of aromatic nitrogens is 4. The first-order valence-corrected chi connectivity index (χ1v) is 9.36. The van der Waals surface area contributed by atoms with Gasteiger partial charge in [-0.15, -0.1) is 15.3 Å². The minimum absolute atomic E-state index is 0.0926. The molecule has 138 valence electrons. The molecule has 0 spiro atoms. The van der Waals surface area contributed by atoms with Crippen LogP contribution in [0.15, 0.2) is 42.5 Å². The first-order chi connectivity index (χ1) is 13.3. The molecule has 27 heavy (non-hydrogen) atoms. The minimum Gasteiger partial charge on any atom is -0.353 e. The van der Waals surface area contributed by atoms with Crippen LogP contribution < -0.4 is 15.5 Å². The van der Waals surface area contributed by atoms with Gasteiger partial charge in [0.1, 0.15) is 5.82 Å². The number of anilines is 2. The molecule has 8 heteroatoms. The third kappa shape index (κ3) is 3.30. The monoisotopic (exact) mass is 363 g/mol. The highest BCUT2D eigenvalue weighted by Gasteiger charge is 2.30. The van der Waals surface area contributed by atoms with Crippen molar-refractivity contribution in [2.45, 2.75) is 31.2 Å². The summed E-state index contributed by atoms with van der Waals surface area (Å²) in [4.78, 5) is 14.4. The number of hydrogen-bond acceptors (Lipinski definition) is 5. The molecule has 1 aliphatic carbocycles. The summed E-state index contributed by atoms with van der Waals surface area (Å²) >= 11 is 0. The van der Waals surface area contributed by atoms with Crippen LogP contribution >= 0.6 is 0 Å². The lowest BCUT2D eigenvalue weighted by molar-refractivity contribution is 0.249. The number of nitrogens with zero attached hydrogens (tertiary/aromatic N) is 5. The summed E-state index contributed by atoms with van der Waals surface area (Å²) in [7, 11) is 0. The Kier molecular flexibility index (Phi) is 3.88. The predicted octanol–water partition coefficient (Wildman–Crippen LogP) is 2.40. The van der Waals surface area contributed by atoms with Gasteiger partial charge >= 0.3 is 6.03 Å². The summed E-state index contributed by atoms with van der Waals surface area (Å²) in [6, 6.07) is 13.3. The van der Waals surface area contributed by atoms with Gasteiger partial charge in [0.05, 0.1) is 0 Å². The van der Waals surface area contributed by atoms with Crippen LogP contribution in [-0.4, -0.2) is 45.0 Å². The maximum absolute atomic E-state index is 12.2. The van der Waals surface area contributed by atoms with E-state index in [0.29, 0.717) is 5.92 Å². The molecular weight excluding hydrogens is 342 g/mol. The maximum atomic E-state index is 12.2. The minimum atomic E-state index is -0.175. The fourth-order valence-corrected chi connectivity index (χ4v) is 3.52. The van der Waals surface area contributed by atoms with E-state index in [0.717, 1.165) is 42.5 Å². The molecular formula is C19H21N7O. The molecule has 0 radical (unpaired) electrons. The lowest BCUT2D eigenvalue weighted by atomic mass is 10.3. The number of amides is 2. The van der Waals surface area contributed by atoms with Crippen LogP contribution in [0.4, 0.5) is 16.3 Å². The molecule has 2 aromatic heterocycles. The Morgan fingerprint density at radius 3 is 2.70 bits per heavy atom. The van der Waals surface area contributed by atoms with Gasteiger partial charge in [0.25, 0.3) is 0 Å². The van der Waals surface area contributed by atoms with Crippen molar-refractivity contribution in [3.63, 3.8) is 0 Å². The molecule has 1 atom stereocenters. The second-order valence-corrected chi connectivity index (χ2v) is 7.19. The second-order valence-electron chi connectivity index (χ2n) is 7.19. The lowest BCUT2D eigenvalue weighted by Crippen LogP contribution is -2.39. The molecule has 2 amide bonds. The average molecular weight is 363 g/mol. The highest BCUT2D eigenvalue weighted by atomic mass is 16.2. The second kappa shape index (κ2) is 6.53. The summed E-state index contributed by atoms with van der Waals surface area (Å²) in [5, 5.41) is 19.2. The van der Waals surface area contributed by atoms with E-state index in [2.05, 4.69) is 25.7 Å². The van der Waals surface area contributed by atoms with Crippen LogP contribution in [0.1, 0.15) is 31.0 Å². The molecule has 3 heterocycles. The molecule has 1 saturated heterocycles. The predicted molar refractivity (Wildman–Crippen MR) is 102 cm³/mol. The number of benzene rings is 1. The molecule has 1 saturated carbocycles. The average Bonchev–Trinajstić information content (AvgIpc) is 3.27. The van der Waals surface area contributed by atoms with Crippen molar-refractivity contribution >= 4 is 23.2 Å². The molecule has 0 bridgehead atoms. The van der Waals surface area contributed by atoms with Crippen LogP contribution in [0, 0.1) is 0 Å². The number of carbonyl (C=O) groups excluding carboxylic acids is 1. The third-order valence-electron chi connectivity index (χ3n) is 5.09. The standard InChI is InChI=1S/C19H21N7O/c27-19(20-14-4-2-1-3-5-14)21-15-10-11-25(12-15)17-9-8-16-22-23-18(13-6-7-13)26(16)24-17/h1-5,8-9,13,15H,6-7,10-12H2,(H2,20,21,27). The zero-order valence-electron chi connectivity index (χ0n) is 14.9. The first kappa shape index (κ1) is 16.0. The van der Waals surface area contributed by atoms with E-state index in [1.165, 1.54) is 12.8 Å². The summed E-state index contributed by atoms with van der Waals surface area (Å²) < 4.78 is 1.87. The Morgan fingerprint density at radius 1 is 1.04 bits per heavy atom. The number of para-hydroxylation sites is 1. The normalized spacial score (nSPS) is 19.4. The molecule has 1 unspecified atom stereocenters. The van der Waals surface area contributed by atoms with Crippen LogP contribution in [-0.2, 0) is 0 Å². The number of rotatable bonds is 4. The van der Waals surface area contributed by atoms with E-state index in [4.69, 9.17) is 5.10 Å². The molecule has 2 N–H and O–H groups in total. The SMILES string of the molecule is O=C(Nc1ccccc1)NC1CCN(c2ccc3nnc(C4CC4)n3n2)C1. The lowest BCUT2D eigenvalue weighted by Gasteiger charge is -2.18. The van der Waals surface area contributed by atoms with Crippen molar-refractivity contribution in [2.75, 3.05) is 23.3 Å². The number of nitrogens with one attached hydrogen (secondary N) is 2. The van der Waals surface area contributed by atoms with Crippen molar-refractivity contribution < 1.29 is 4.79 Å². The summed E-state index contributed by atoms with van der Waals surface area (Å²) in [5.41, 5.74) is 1.58. The summed E-state index contributed by atoms with van der Waals surface area (Å²) in [6.07, 6.45) is 3.22. The summed E-state index contributed by atoms with van der Waals surface area (Å²) in [5.74, 6) is 2.36. The van der Waals surface area contributed by atoms with E-state index in [9.17, 15) is 4.79 Å². The van der Waals surface area contributed by atoms with E-state index < -0.39 is 0 Å². The Labute approximate surface area is 156 Å². The van der Waals surface area contributed by atoms with Crippen molar-refractivity contribution in [1.29, 1.82) is 0 Å². The van der Waals surface area contributed by atoms with Crippen LogP contribution in [0.2, 0.25) is 0 Å². The Bertz CT molecular complexity index is 967. The van der Waals surface area contributed by atoms with Gasteiger partial charge in [-0.1, -0.05) is 18.2 Å². The van der Waals surface area contributed by atoms with Gasteiger partial charge in [-0.2, -0.15) is 4.52 Å². The molecule has 1 aromatic carbocycles. The maximum Gasteiger partial charge on any atom is 0.319 e. The van der Waals surface area contributed by atoms with E-state index in [-0.39, 0.29) is 12.1 Å². The van der Waals surface area contributed by atoms with Gasteiger partial charge in [-0.25, -0.2) is 4.79 Å². The van der Waals surface area contributed by atoms with Crippen LogP contribution in [0.5, 0.6) is 0 Å². The van der Waals surface area contributed by atoms with Gasteiger partial charge in [0, 0.05) is 30.7 Å². The van der Waals surface area contributed by atoms with Gasteiger partial charge in [0.2, 0.25) is 0 Å². The zero-order chi connectivity index (χ0) is 18.2. The van der Waals surface area contributed by atoms with Crippen LogP contribution in [0.3, 0.4) is 0 Å². The van der Waals surface area contributed by atoms with Gasteiger partial charge in [-0.3, -0.25) is 0 Å². The third-order valence-corrected chi connectivity index (χ3v) is 5.09. The first-order valence-electron chi connectivity index (χ1n) is 9.36. The van der Waals surface area contributed by atoms with E-state index in [1.54, 1.807) is 0 Å². The van der Waals surface area contributed by atoms with Gasteiger partial charge in [0.15, 0.2) is 11.5 Å². The number of hydrogen-bond donors (Lipinski definition) is 2. The molecule has 2 fully saturated rings. The Balaban J connectivity index is 1.24. The smallest absolute Gasteiger partial charge is 0.319 e. The van der Waals surface area contributed by atoms with Gasteiger partial charge < -0.3 is 15.5 Å². The van der Waals surface area contributed by atoms with Crippen molar-refractivity contribution in [1.82, 2.24) is 25.1 Å². The fraction of sp³-hybridized carbons (Fsp3) is 0.368. The van der Waals surface area contributed by atoms with E-state index >= 15 is 0 Å². The Hall–Kier alpha value is -3.16. The molecule has 5 rings (SSSR count). The fourth-order valence-electron chi connectivity index (χ4n) is 3.52.